The summed E-state index contributed by atoms with van der Waals surface area (Å²) in [5.74, 6) is 0. The highest BCUT2D eigenvalue weighted by molar-refractivity contribution is 7.13. The number of halogens is 2. The minimum atomic E-state index is 0. The van der Waals surface area contributed by atoms with E-state index in [1.54, 1.807) is 16.2 Å². The standard InChI is InChI=1S/C14H11ClN2OS.ClH/c15-10-4-5-13-12(9-10)14(18)17(19-13)8-6-11-3-1-2-7-16-11;/h1-5,7,9H,6,8H2;1H. The molecule has 1 aromatic carbocycles. The van der Waals surface area contributed by atoms with Gasteiger partial charge in [-0.05, 0) is 30.3 Å². The van der Waals surface area contributed by atoms with Crippen LogP contribution in [0.3, 0.4) is 0 Å². The Morgan fingerprint density at radius 1 is 1.25 bits per heavy atom. The van der Waals surface area contributed by atoms with Crippen LogP contribution in [0.2, 0.25) is 5.02 Å². The molecule has 0 saturated carbocycles. The van der Waals surface area contributed by atoms with E-state index in [0.29, 0.717) is 17.0 Å². The molecule has 104 valence electrons. The third kappa shape index (κ3) is 3.03. The molecule has 0 unspecified atom stereocenters. The van der Waals surface area contributed by atoms with Crippen molar-refractivity contribution >= 4 is 45.6 Å². The van der Waals surface area contributed by atoms with Crippen molar-refractivity contribution in [3.8, 4) is 0 Å². The highest BCUT2D eigenvalue weighted by atomic mass is 35.5. The van der Waals surface area contributed by atoms with Gasteiger partial charge < -0.3 is 0 Å². The summed E-state index contributed by atoms with van der Waals surface area (Å²) in [6.07, 6.45) is 2.52. The number of rotatable bonds is 3. The second-order valence-corrected chi connectivity index (χ2v) is 5.71. The van der Waals surface area contributed by atoms with Crippen LogP contribution in [-0.4, -0.2) is 8.94 Å². The van der Waals surface area contributed by atoms with E-state index < -0.39 is 0 Å². The Hall–Kier alpha value is -1.36. The van der Waals surface area contributed by atoms with Crippen molar-refractivity contribution in [3.05, 3.63) is 63.7 Å². The lowest BCUT2D eigenvalue weighted by Crippen LogP contribution is -2.14. The second-order valence-electron chi connectivity index (χ2n) is 4.21. The molecule has 20 heavy (non-hydrogen) atoms. The van der Waals surface area contributed by atoms with E-state index in [2.05, 4.69) is 4.98 Å². The molecule has 3 aromatic rings. The SMILES string of the molecule is Cl.O=c1c2cc(Cl)ccc2sn1CCc1ccccn1. The van der Waals surface area contributed by atoms with Gasteiger partial charge >= 0.3 is 0 Å². The minimum Gasteiger partial charge on any atom is -0.268 e. The van der Waals surface area contributed by atoms with E-state index in [4.69, 9.17) is 11.6 Å². The molecule has 0 spiro atoms. The van der Waals surface area contributed by atoms with Gasteiger partial charge in [0.25, 0.3) is 5.56 Å². The first kappa shape index (κ1) is 15.0. The van der Waals surface area contributed by atoms with Crippen molar-refractivity contribution in [1.29, 1.82) is 0 Å². The van der Waals surface area contributed by atoms with Gasteiger partial charge in [0, 0.05) is 29.9 Å². The molecule has 0 aliphatic rings. The summed E-state index contributed by atoms with van der Waals surface area (Å²) in [6, 6.07) is 11.2. The number of aryl methyl sites for hydroxylation is 2. The van der Waals surface area contributed by atoms with Gasteiger partial charge in [-0.2, -0.15) is 0 Å². The third-order valence-corrected chi connectivity index (χ3v) is 4.26. The normalized spacial score (nSPS) is 10.4. The predicted molar refractivity (Wildman–Crippen MR) is 86.3 cm³/mol. The molecule has 0 bridgehead atoms. The Morgan fingerprint density at radius 3 is 2.85 bits per heavy atom. The number of hydrogen-bond acceptors (Lipinski definition) is 3. The fourth-order valence-corrected chi connectivity index (χ4v) is 3.10. The number of aromatic nitrogens is 2. The van der Waals surface area contributed by atoms with E-state index in [1.807, 2.05) is 30.3 Å². The molecule has 6 heteroatoms. The summed E-state index contributed by atoms with van der Waals surface area (Å²) in [4.78, 5) is 16.5. The molecule has 0 aliphatic carbocycles. The Bertz CT molecular complexity index is 768. The van der Waals surface area contributed by atoms with Crippen molar-refractivity contribution in [3.63, 3.8) is 0 Å². The fourth-order valence-electron chi connectivity index (χ4n) is 1.95. The highest BCUT2D eigenvalue weighted by Gasteiger charge is 2.08. The molecule has 0 atom stereocenters. The molecule has 0 aliphatic heterocycles. The van der Waals surface area contributed by atoms with Crippen LogP contribution in [0, 0.1) is 0 Å². The molecule has 0 fully saturated rings. The van der Waals surface area contributed by atoms with Crippen LogP contribution >= 0.6 is 35.5 Å². The average molecular weight is 327 g/mol. The van der Waals surface area contributed by atoms with Gasteiger partial charge in [-0.25, -0.2) is 0 Å². The Morgan fingerprint density at radius 2 is 2.10 bits per heavy atom. The lowest BCUT2D eigenvalue weighted by Gasteiger charge is -1.99. The largest absolute Gasteiger partial charge is 0.268 e. The van der Waals surface area contributed by atoms with Crippen molar-refractivity contribution in [2.24, 2.45) is 0 Å². The van der Waals surface area contributed by atoms with Crippen LogP contribution in [0.4, 0.5) is 0 Å². The lowest BCUT2D eigenvalue weighted by molar-refractivity contribution is 0.723. The molecule has 0 amide bonds. The molecule has 3 rings (SSSR count). The van der Waals surface area contributed by atoms with Crippen LogP contribution in [0.15, 0.2) is 47.4 Å². The van der Waals surface area contributed by atoms with Gasteiger partial charge in [-0.15, -0.1) is 12.4 Å². The molecule has 2 heterocycles. The van der Waals surface area contributed by atoms with Crippen LogP contribution in [-0.2, 0) is 13.0 Å². The first-order valence-electron chi connectivity index (χ1n) is 5.93. The first-order valence-corrected chi connectivity index (χ1v) is 7.08. The molecule has 0 saturated heterocycles. The number of pyridine rings is 1. The first-order chi connectivity index (χ1) is 9.24. The van der Waals surface area contributed by atoms with Crippen molar-refractivity contribution in [1.82, 2.24) is 8.94 Å². The average Bonchev–Trinajstić information content (AvgIpc) is 2.74. The van der Waals surface area contributed by atoms with Gasteiger partial charge in [0.05, 0.1) is 10.1 Å². The fraction of sp³-hybridized carbons (Fsp3) is 0.143. The zero-order valence-electron chi connectivity index (χ0n) is 10.5. The van der Waals surface area contributed by atoms with Crippen molar-refractivity contribution in [2.75, 3.05) is 0 Å². The second kappa shape index (κ2) is 6.39. The van der Waals surface area contributed by atoms with Gasteiger partial charge in [-0.1, -0.05) is 29.2 Å². The maximum atomic E-state index is 12.2. The lowest BCUT2D eigenvalue weighted by atomic mass is 10.2. The molecule has 0 N–H and O–H groups in total. The van der Waals surface area contributed by atoms with Crippen LogP contribution < -0.4 is 5.56 Å². The summed E-state index contributed by atoms with van der Waals surface area (Å²) in [7, 11) is 0. The maximum Gasteiger partial charge on any atom is 0.268 e. The zero-order valence-corrected chi connectivity index (χ0v) is 12.8. The van der Waals surface area contributed by atoms with Gasteiger partial charge in [-0.3, -0.25) is 13.7 Å². The summed E-state index contributed by atoms with van der Waals surface area (Å²) in [5, 5.41) is 1.29. The third-order valence-electron chi connectivity index (χ3n) is 2.90. The minimum absolute atomic E-state index is 0. The van der Waals surface area contributed by atoms with E-state index in [0.717, 1.165) is 16.8 Å². The number of fused-ring (bicyclic) bond motifs is 1. The predicted octanol–water partition coefficient (Wildman–Crippen LogP) is 3.78. The molecule has 2 aromatic heterocycles. The molecule has 3 nitrogen and oxygen atoms in total. The monoisotopic (exact) mass is 326 g/mol. The van der Waals surface area contributed by atoms with Gasteiger partial charge in [0.1, 0.15) is 0 Å². The van der Waals surface area contributed by atoms with Crippen molar-refractivity contribution in [2.45, 2.75) is 13.0 Å². The topological polar surface area (TPSA) is 34.9 Å². The zero-order chi connectivity index (χ0) is 13.2. The molecular weight excluding hydrogens is 315 g/mol. The smallest absolute Gasteiger partial charge is 0.268 e. The Labute approximate surface area is 131 Å². The van der Waals surface area contributed by atoms with Crippen molar-refractivity contribution < 1.29 is 0 Å². The Kier molecular flexibility index (Phi) is 4.81. The van der Waals surface area contributed by atoms with Crippen LogP contribution in [0.25, 0.3) is 10.1 Å². The molecule has 0 radical (unpaired) electrons. The molecular formula is C14H12Cl2N2OS. The van der Waals surface area contributed by atoms with Gasteiger partial charge in [0.15, 0.2) is 0 Å². The van der Waals surface area contributed by atoms with Gasteiger partial charge in [0.2, 0.25) is 0 Å². The highest BCUT2D eigenvalue weighted by Crippen LogP contribution is 2.20. The van der Waals surface area contributed by atoms with E-state index in [-0.39, 0.29) is 18.0 Å². The van der Waals surface area contributed by atoms with E-state index >= 15 is 0 Å². The number of hydrogen-bond donors (Lipinski definition) is 0. The Balaban J connectivity index is 0.00000147. The van der Waals surface area contributed by atoms with E-state index in [9.17, 15) is 4.79 Å². The summed E-state index contributed by atoms with van der Waals surface area (Å²) >= 11 is 7.39. The number of nitrogens with zero attached hydrogens (tertiary/aromatic N) is 2. The van der Waals surface area contributed by atoms with Crippen LogP contribution in [0.5, 0.6) is 0 Å². The quantitative estimate of drug-likeness (QED) is 0.734. The summed E-state index contributed by atoms with van der Waals surface area (Å²) in [5.41, 5.74) is 1.02. The van der Waals surface area contributed by atoms with Crippen LogP contribution in [0.1, 0.15) is 5.69 Å². The summed E-state index contributed by atoms with van der Waals surface area (Å²) < 4.78 is 2.73. The van der Waals surface area contributed by atoms with E-state index in [1.165, 1.54) is 11.5 Å². The maximum absolute atomic E-state index is 12.2. The summed E-state index contributed by atoms with van der Waals surface area (Å²) in [6.45, 7) is 0.646. The number of benzene rings is 1.